The molecule has 0 unspecified atom stereocenters. The van der Waals surface area contributed by atoms with E-state index in [1.807, 2.05) is 53.9 Å². The van der Waals surface area contributed by atoms with Gasteiger partial charge < -0.3 is 4.90 Å². The van der Waals surface area contributed by atoms with Crippen LogP contribution >= 0.6 is 23.1 Å². The van der Waals surface area contributed by atoms with Crippen molar-refractivity contribution in [2.45, 2.75) is 24.5 Å². The van der Waals surface area contributed by atoms with Crippen LogP contribution in [0.5, 0.6) is 0 Å². The quantitative estimate of drug-likeness (QED) is 0.554. The highest BCUT2D eigenvalue weighted by molar-refractivity contribution is 7.98. The minimum absolute atomic E-state index is 0.0619. The average molecular weight is 332 g/mol. The number of amides is 1. The second-order valence-corrected chi connectivity index (χ2v) is 6.78. The summed E-state index contributed by atoms with van der Waals surface area (Å²) in [6.07, 6.45) is 0. The molecule has 0 aliphatic rings. The standard InChI is InChI=1S/C17H20N2OS2/c1-4-19(9-13(2)3)17(20)15-7-5-6-8-16(15)22-11-14-10-21-12-18-14/h5-8,10,12H,2,4,9,11H2,1,3H3. The van der Waals surface area contributed by atoms with Gasteiger partial charge in [0, 0.05) is 29.1 Å². The van der Waals surface area contributed by atoms with Crippen LogP contribution in [0.15, 0.2) is 52.2 Å². The second-order valence-electron chi connectivity index (χ2n) is 5.04. The molecule has 0 N–H and O–H groups in total. The Morgan fingerprint density at radius 3 is 2.82 bits per heavy atom. The van der Waals surface area contributed by atoms with E-state index >= 15 is 0 Å². The van der Waals surface area contributed by atoms with Crippen LogP contribution in [-0.4, -0.2) is 28.9 Å². The second kappa shape index (κ2) is 8.15. The van der Waals surface area contributed by atoms with Gasteiger partial charge in [0.1, 0.15) is 0 Å². The van der Waals surface area contributed by atoms with E-state index in [4.69, 9.17) is 0 Å². The Balaban J connectivity index is 2.15. The SMILES string of the molecule is C=C(C)CN(CC)C(=O)c1ccccc1SCc1cscn1. The van der Waals surface area contributed by atoms with Crippen LogP contribution in [0.2, 0.25) is 0 Å². The molecule has 116 valence electrons. The summed E-state index contributed by atoms with van der Waals surface area (Å²) < 4.78 is 0. The summed E-state index contributed by atoms with van der Waals surface area (Å²) in [5.41, 5.74) is 4.62. The van der Waals surface area contributed by atoms with Crippen LogP contribution < -0.4 is 0 Å². The molecule has 3 nitrogen and oxygen atoms in total. The zero-order chi connectivity index (χ0) is 15.9. The lowest BCUT2D eigenvalue weighted by atomic mass is 10.2. The summed E-state index contributed by atoms with van der Waals surface area (Å²) in [5.74, 6) is 0.840. The third kappa shape index (κ3) is 4.45. The lowest BCUT2D eigenvalue weighted by Gasteiger charge is -2.22. The number of carbonyl (C=O) groups is 1. The molecule has 0 spiro atoms. The van der Waals surface area contributed by atoms with E-state index in [9.17, 15) is 4.79 Å². The number of thioether (sulfide) groups is 1. The van der Waals surface area contributed by atoms with Crippen molar-refractivity contribution in [3.63, 3.8) is 0 Å². The van der Waals surface area contributed by atoms with Gasteiger partial charge in [-0.15, -0.1) is 23.1 Å². The van der Waals surface area contributed by atoms with Gasteiger partial charge >= 0.3 is 0 Å². The fourth-order valence-electron chi connectivity index (χ4n) is 2.05. The summed E-state index contributed by atoms with van der Waals surface area (Å²) in [6.45, 7) is 9.12. The molecule has 2 rings (SSSR count). The predicted molar refractivity (Wildman–Crippen MR) is 94.5 cm³/mol. The van der Waals surface area contributed by atoms with Gasteiger partial charge in [0.15, 0.2) is 0 Å². The van der Waals surface area contributed by atoms with Gasteiger partial charge in [-0.05, 0) is 26.0 Å². The van der Waals surface area contributed by atoms with Crippen molar-refractivity contribution in [2.24, 2.45) is 0 Å². The van der Waals surface area contributed by atoms with Crippen molar-refractivity contribution in [3.8, 4) is 0 Å². The molecular formula is C17H20N2OS2. The Labute approximate surface area is 140 Å². The van der Waals surface area contributed by atoms with E-state index in [2.05, 4.69) is 11.6 Å². The first-order valence-corrected chi connectivity index (χ1v) is 9.07. The Bertz CT molecular complexity index is 638. The van der Waals surface area contributed by atoms with E-state index in [1.165, 1.54) is 0 Å². The maximum absolute atomic E-state index is 12.8. The van der Waals surface area contributed by atoms with Crippen LogP contribution in [-0.2, 0) is 5.75 Å². The minimum Gasteiger partial charge on any atom is -0.335 e. The van der Waals surface area contributed by atoms with Crippen LogP contribution in [0.1, 0.15) is 29.9 Å². The Morgan fingerprint density at radius 1 is 1.41 bits per heavy atom. The summed E-state index contributed by atoms with van der Waals surface area (Å²) in [5, 5.41) is 2.04. The summed E-state index contributed by atoms with van der Waals surface area (Å²) in [6, 6.07) is 7.77. The lowest BCUT2D eigenvalue weighted by molar-refractivity contribution is 0.0775. The van der Waals surface area contributed by atoms with Gasteiger partial charge in [0.25, 0.3) is 5.91 Å². The molecule has 1 heterocycles. The van der Waals surface area contributed by atoms with Gasteiger partial charge in [-0.3, -0.25) is 4.79 Å². The number of rotatable bonds is 7. The highest BCUT2D eigenvalue weighted by Gasteiger charge is 2.17. The smallest absolute Gasteiger partial charge is 0.255 e. The number of thiazole rings is 1. The number of aromatic nitrogens is 1. The van der Waals surface area contributed by atoms with Gasteiger partial charge in [-0.25, -0.2) is 4.98 Å². The number of hydrogen-bond donors (Lipinski definition) is 0. The van der Waals surface area contributed by atoms with Crippen LogP contribution in [0.4, 0.5) is 0 Å². The van der Waals surface area contributed by atoms with Crippen LogP contribution in [0.25, 0.3) is 0 Å². The molecule has 0 saturated heterocycles. The molecule has 0 bridgehead atoms. The van der Waals surface area contributed by atoms with Crippen molar-refractivity contribution in [3.05, 3.63) is 58.6 Å². The molecule has 0 saturated carbocycles. The Kier molecular flexibility index (Phi) is 6.21. The third-order valence-corrected chi connectivity index (χ3v) is 4.85. The highest BCUT2D eigenvalue weighted by atomic mass is 32.2. The topological polar surface area (TPSA) is 33.2 Å². The van der Waals surface area contributed by atoms with E-state index in [0.717, 1.165) is 27.5 Å². The molecule has 5 heteroatoms. The normalized spacial score (nSPS) is 10.5. The molecule has 22 heavy (non-hydrogen) atoms. The molecule has 2 aromatic rings. The lowest BCUT2D eigenvalue weighted by Crippen LogP contribution is -2.32. The number of carbonyl (C=O) groups excluding carboxylic acids is 1. The fourth-order valence-corrected chi connectivity index (χ4v) is 3.66. The van der Waals surface area contributed by atoms with Crippen molar-refractivity contribution in [1.82, 2.24) is 9.88 Å². The van der Waals surface area contributed by atoms with Gasteiger partial charge in [-0.2, -0.15) is 0 Å². The minimum atomic E-state index is 0.0619. The largest absolute Gasteiger partial charge is 0.335 e. The van der Waals surface area contributed by atoms with Crippen molar-refractivity contribution < 1.29 is 4.79 Å². The molecule has 0 aliphatic carbocycles. The zero-order valence-electron chi connectivity index (χ0n) is 12.9. The maximum atomic E-state index is 12.8. The first kappa shape index (κ1) is 16.8. The molecular weight excluding hydrogens is 312 g/mol. The first-order valence-electron chi connectivity index (χ1n) is 7.14. The zero-order valence-corrected chi connectivity index (χ0v) is 14.5. The number of nitrogens with zero attached hydrogens (tertiary/aromatic N) is 2. The number of hydrogen-bond acceptors (Lipinski definition) is 4. The van der Waals surface area contributed by atoms with Crippen molar-refractivity contribution in [2.75, 3.05) is 13.1 Å². The Morgan fingerprint density at radius 2 is 2.18 bits per heavy atom. The van der Waals surface area contributed by atoms with E-state index in [0.29, 0.717) is 13.1 Å². The van der Waals surface area contributed by atoms with Gasteiger partial charge in [-0.1, -0.05) is 24.3 Å². The highest BCUT2D eigenvalue weighted by Crippen LogP contribution is 2.27. The molecule has 1 amide bonds. The Hall–Kier alpha value is -1.59. The fraction of sp³-hybridized carbons (Fsp3) is 0.294. The first-order chi connectivity index (χ1) is 10.6. The average Bonchev–Trinajstić information content (AvgIpc) is 3.03. The molecule has 1 aromatic carbocycles. The molecule has 0 aliphatic heterocycles. The van der Waals surface area contributed by atoms with E-state index in [-0.39, 0.29) is 5.91 Å². The molecule has 0 atom stereocenters. The molecule has 0 fully saturated rings. The van der Waals surface area contributed by atoms with Crippen molar-refractivity contribution in [1.29, 1.82) is 0 Å². The molecule has 0 radical (unpaired) electrons. The molecule has 1 aromatic heterocycles. The van der Waals surface area contributed by atoms with E-state index in [1.54, 1.807) is 23.1 Å². The van der Waals surface area contributed by atoms with Crippen molar-refractivity contribution >= 4 is 29.0 Å². The van der Waals surface area contributed by atoms with E-state index < -0.39 is 0 Å². The van der Waals surface area contributed by atoms with Crippen LogP contribution in [0.3, 0.4) is 0 Å². The predicted octanol–water partition coefficient (Wildman–Crippen LogP) is 4.47. The number of likely N-dealkylation sites (N-methyl/N-ethyl adjacent to an activating group) is 1. The van der Waals surface area contributed by atoms with Gasteiger partial charge in [0.2, 0.25) is 0 Å². The van der Waals surface area contributed by atoms with Crippen LogP contribution in [0, 0.1) is 0 Å². The maximum Gasteiger partial charge on any atom is 0.255 e. The summed E-state index contributed by atoms with van der Waals surface area (Å²) in [4.78, 5) is 19.9. The monoisotopic (exact) mass is 332 g/mol. The summed E-state index contributed by atoms with van der Waals surface area (Å²) >= 11 is 3.25. The van der Waals surface area contributed by atoms with Gasteiger partial charge in [0.05, 0.1) is 16.8 Å². The third-order valence-electron chi connectivity index (χ3n) is 3.11. The number of benzene rings is 1. The summed E-state index contributed by atoms with van der Waals surface area (Å²) in [7, 11) is 0.